The zero-order valence-electron chi connectivity index (χ0n) is 18.7. The highest BCUT2D eigenvalue weighted by atomic mass is 32.1. The van der Waals surface area contributed by atoms with E-state index in [2.05, 4.69) is 12.2 Å². The van der Waals surface area contributed by atoms with Gasteiger partial charge in [-0.3, -0.25) is 4.90 Å². The standard InChI is InChI=1S/C24H34N2O4S/c1-4-6-7-8-9-16-25-24(29)26(3)22-15-14-21(31-22)19-12-10-18(11-13-19)17-20(23(27)28)30-5-2/h10-15,20H,4-9,16-17H2,1-3H3,(H,25,29)(H,27,28)/t20-/m0/s1. The molecule has 2 rings (SSSR count). The van der Waals surface area contributed by atoms with Crippen LogP contribution in [0.15, 0.2) is 36.4 Å². The van der Waals surface area contributed by atoms with E-state index >= 15 is 0 Å². The number of carbonyl (C=O) groups is 2. The number of rotatable bonds is 13. The molecule has 0 bridgehead atoms. The van der Waals surface area contributed by atoms with Crippen LogP contribution in [0.2, 0.25) is 0 Å². The van der Waals surface area contributed by atoms with Crippen molar-refractivity contribution < 1.29 is 19.4 Å². The van der Waals surface area contributed by atoms with Crippen LogP contribution in [0.5, 0.6) is 0 Å². The van der Waals surface area contributed by atoms with Crippen molar-refractivity contribution in [3.05, 3.63) is 42.0 Å². The minimum Gasteiger partial charge on any atom is -0.479 e. The maximum Gasteiger partial charge on any atom is 0.333 e. The van der Waals surface area contributed by atoms with E-state index in [-0.39, 0.29) is 6.03 Å². The van der Waals surface area contributed by atoms with Crippen LogP contribution in [-0.4, -0.2) is 43.4 Å². The molecule has 2 amide bonds. The Bertz CT molecular complexity index is 819. The molecule has 1 atom stereocenters. The van der Waals surface area contributed by atoms with E-state index < -0.39 is 12.1 Å². The Kier molecular flexibility index (Phi) is 10.5. The van der Waals surface area contributed by atoms with E-state index in [0.717, 1.165) is 33.8 Å². The maximum absolute atomic E-state index is 12.4. The number of carboxylic acids is 1. The lowest BCUT2D eigenvalue weighted by Crippen LogP contribution is -2.37. The fraction of sp³-hybridized carbons (Fsp3) is 0.500. The van der Waals surface area contributed by atoms with Crippen LogP contribution in [0.25, 0.3) is 10.4 Å². The Balaban J connectivity index is 1.91. The van der Waals surface area contributed by atoms with Crippen molar-refractivity contribution in [1.82, 2.24) is 5.32 Å². The lowest BCUT2D eigenvalue weighted by Gasteiger charge is -2.16. The van der Waals surface area contributed by atoms with Crippen LogP contribution in [0.1, 0.15) is 51.5 Å². The van der Waals surface area contributed by atoms with E-state index in [1.54, 1.807) is 30.2 Å². The second kappa shape index (κ2) is 13.1. The first kappa shape index (κ1) is 24.9. The van der Waals surface area contributed by atoms with Gasteiger partial charge in [-0.15, -0.1) is 11.3 Å². The molecule has 2 N–H and O–H groups in total. The summed E-state index contributed by atoms with van der Waals surface area (Å²) < 4.78 is 5.29. The van der Waals surface area contributed by atoms with Crippen molar-refractivity contribution in [3.63, 3.8) is 0 Å². The molecule has 0 unspecified atom stereocenters. The highest BCUT2D eigenvalue weighted by Crippen LogP contribution is 2.33. The van der Waals surface area contributed by atoms with Crippen molar-refractivity contribution in [1.29, 1.82) is 0 Å². The minimum absolute atomic E-state index is 0.0881. The molecule has 170 valence electrons. The molecule has 0 aliphatic carbocycles. The van der Waals surface area contributed by atoms with Gasteiger partial charge < -0.3 is 15.2 Å². The third kappa shape index (κ3) is 7.99. The third-order valence-corrected chi connectivity index (χ3v) is 6.30. The summed E-state index contributed by atoms with van der Waals surface area (Å²) in [5.41, 5.74) is 1.95. The molecule has 0 radical (unpaired) electrons. The summed E-state index contributed by atoms with van der Waals surface area (Å²) in [4.78, 5) is 26.4. The second-order valence-corrected chi connectivity index (χ2v) is 8.59. The number of carbonyl (C=O) groups excluding carboxylic acids is 1. The molecule has 0 saturated heterocycles. The highest BCUT2D eigenvalue weighted by Gasteiger charge is 2.18. The fourth-order valence-corrected chi connectivity index (χ4v) is 4.21. The van der Waals surface area contributed by atoms with Gasteiger partial charge in [0.1, 0.15) is 0 Å². The van der Waals surface area contributed by atoms with E-state index in [9.17, 15) is 14.7 Å². The van der Waals surface area contributed by atoms with Crippen molar-refractivity contribution in [2.45, 2.75) is 58.5 Å². The molecule has 0 fully saturated rings. The Morgan fingerprint density at radius 1 is 1.06 bits per heavy atom. The Morgan fingerprint density at radius 2 is 1.77 bits per heavy atom. The molecule has 2 aromatic rings. The summed E-state index contributed by atoms with van der Waals surface area (Å²) >= 11 is 1.55. The number of thiophene rings is 1. The molecule has 6 nitrogen and oxygen atoms in total. The highest BCUT2D eigenvalue weighted by molar-refractivity contribution is 7.19. The predicted molar refractivity (Wildman–Crippen MR) is 127 cm³/mol. The second-order valence-electron chi connectivity index (χ2n) is 7.53. The van der Waals surface area contributed by atoms with E-state index in [1.165, 1.54) is 19.3 Å². The van der Waals surface area contributed by atoms with Gasteiger partial charge in [-0.05, 0) is 36.6 Å². The zero-order chi connectivity index (χ0) is 22.6. The van der Waals surface area contributed by atoms with Crippen LogP contribution in [0.3, 0.4) is 0 Å². The Morgan fingerprint density at radius 3 is 2.42 bits per heavy atom. The van der Waals surface area contributed by atoms with Gasteiger partial charge in [0, 0.05) is 31.5 Å². The first-order valence-corrected chi connectivity index (χ1v) is 11.8. The lowest BCUT2D eigenvalue weighted by molar-refractivity contribution is -0.149. The quantitative estimate of drug-likeness (QED) is 0.395. The lowest BCUT2D eigenvalue weighted by atomic mass is 10.1. The minimum atomic E-state index is -0.948. The van der Waals surface area contributed by atoms with Crippen LogP contribution in [0, 0.1) is 0 Å². The molecule has 0 aliphatic heterocycles. The molecular formula is C24H34N2O4S. The summed E-state index contributed by atoms with van der Waals surface area (Å²) in [6.45, 7) is 5.05. The number of hydrogen-bond acceptors (Lipinski definition) is 4. The number of carboxylic acid groups (broad SMARTS) is 1. The smallest absolute Gasteiger partial charge is 0.333 e. The average molecular weight is 447 g/mol. The van der Waals surface area contributed by atoms with Crippen molar-refractivity contribution in [2.24, 2.45) is 0 Å². The normalized spacial score (nSPS) is 11.8. The number of anilines is 1. The number of amides is 2. The summed E-state index contributed by atoms with van der Waals surface area (Å²) in [7, 11) is 1.78. The Labute approximate surface area is 189 Å². The number of ether oxygens (including phenoxy) is 1. The monoisotopic (exact) mass is 446 g/mol. The number of nitrogens with zero attached hydrogens (tertiary/aromatic N) is 1. The summed E-state index contributed by atoms with van der Waals surface area (Å²) in [6.07, 6.45) is 5.34. The molecule has 1 heterocycles. The first-order chi connectivity index (χ1) is 15.0. The van der Waals surface area contributed by atoms with Gasteiger partial charge in [-0.2, -0.15) is 0 Å². The molecule has 0 aliphatic rings. The number of nitrogens with one attached hydrogen (secondary N) is 1. The Hall–Kier alpha value is -2.38. The van der Waals surface area contributed by atoms with Gasteiger partial charge >= 0.3 is 12.0 Å². The van der Waals surface area contributed by atoms with E-state index in [4.69, 9.17) is 4.74 Å². The van der Waals surface area contributed by atoms with Gasteiger partial charge in [0.2, 0.25) is 0 Å². The summed E-state index contributed by atoms with van der Waals surface area (Å²) in [5.74, 6) is -0.948. The SMILES string of the molecule is CCCCCCCNC(=O)N(C)c1ccc(-c2ccc(C[C@H](OCC)C(=O)O)cc2)s1. The third-order valence-electron chi connectivity index (χ3n) is 5.09. The predicted octanol–water partition coefficient (Wildman–Crippen LogP) is 5.56. The van der Waals surface area contributed by atoms with Crippen LogP contribution >= 0.6 is 11.3 Å². The first-order valence-electron chi connectivity index (χ1n) is 11.0. The van der Waals surface area contributed by atoms with E-state index in [1.807, 2.05) is 36.4 Å². The molecule has 31 heavy (non-hydrogen) atoms. The number of urea groups is 1. The van der Waals surface area contributed by atoms with Gasteiger partial charge in [0.25, 0.3) is 0 Å². The fourth-order valence-electron chi connectivity index (χ4n) is 3.24. The molecule has 0 spiro atoms. The molecule has 1 aromatic heterocycles. The van der Waals surface area contributed by atoms with Crippen LogP contribution in [0.4, 0.5) is 9.80 Å². The van der Waals surface area contributed by atoms with E-state index in [0.29, 0.717) is 19.6 Å². The largest absolute Gasteiger partial charge is 0.479 e. The molecule has 7 heteroatoms. The van der Waals surface area contributed by atoms with Gasteiger partial charge in [0.05, 0.1) is 5.00 Å². The summed E-state index contributed by atoms with van der Waals surface area (Å²) in [5, 5.41) is 13.1. The van der Waals surface area contributed by atoms with Crippen molar-refractivity contribution in [3.8, 4) is 10.4 Å². The topological polar surface area (TPSA) is 78.9 Å². The van der Waals surface area contributed by atoms with Gasteiger partial charge in [-0.1, -0.05) is 56.9 Å². The number of hydrogen-bond donors (Lipinski definition) is 2. The van der Waals surface area contributed by atoms with Crippen LogP contribution in [-0.2, 0) is 16.0 Å². The van der Waals surface area contributed by atoms with Gasteiger partial charge in [-0.25, -0.2) is 9.59 Å². The summed E-state index contributed by atoms with van der Waals surface area (Å²) in [6, 6.07) is 11.7. The maximum atomic E-state index is 12.4. The van der Waals surface area contributed by atoms with Crippen molar-refractivity contribution >= 4 is 28.3 Å². The zero-order valence-corrected chi connectivity index (χ0v) is 19.5. The molecular weight excluding hydrogens is 412 g/mol. The van der Waals surface area contributed by atoms with Crippen molar-refractivity contribution in [2.75, 3.05) is 25.1 Å². The van der Waals surface area contributed by atoms with Crippen LogP contribution < -0.4 is 10.2 Å². The van der Waals surface area contributed by atoms with Gasteiger partial charge in [0.15, 0.2) is 6.10 Å². The number of benzene rings is 1. The number of aliphatic carboxylic acids is 1. The molecule has 0 saturated carbocycles. The number of unbranched alkanes of at least 4 members (excludes halogenated alkanes) is 4. The average Bonchev–Trinajstić information content (AvgIpc) is 3.25. The molecule has 1 aromatic carbocycles.